The van der Waals surface area contributed by atoms with Crippen molar-refractivity contribution in [2.45, 2.75) is 13.1 Å². The van der Waals surface area contributed by atoms with Crippen LogP contribution in [0.5, 0.6) is 0 Å². The number of fused-ring (bicyclic) bond motifs is 1. The lowest BCUT2D eigenvalue weighted by atomic mass is 10.1. The van der Waals surface area contributed by atoms with Crippen LogP contribution in [0.25, 0.3) is 10.8 Å². The van der Waals surface area contributed by atoms with Gasteiger partial charge in [-0.05, 0) is 29.4 Å². The lowest BCUT2D eigenvalue weighted by Crippen LogP contribution is -2.20. The van der Waals surface area contributed by atoms with E-state index in [0.717, 1.165) is 6.54 Å². The van der Waals surface area contributed by atoms with Crippen LogP contribution in [0.3, 0.4) is 0 Å². The van der Waals surface area contributed by atoms with Crippen molar-refractivity contribution >= 4 is 22.7 Å². The molecule has 1 aromatic heterocycles. The molecular formula is C16H18N6. The topological polar surface area (TPSA) is 94.0 Å². The zero-order valence-electron chi connectivity index (χ0n) is 12.4. The van der Waals surface area contributed by atoms with Crippen LogP contribution in [0.15, 0.2) is 42.5 Å². The number of nitrogens with zero attached hydrogens (tertiary/aromatic N) is 4. The highest BCUT2D eigenvalue weighted by Crippen LogP contribution is 2.17. The van der Waals surface area contributed by atoms with Crippen molar-refractivity contribution in [3.8, 4) is 0 Å². The lowest BCUT2D eigenvalue weighted by molar-refractivity contribution is 0.311. The van der Waals surface area contributed by atoms with Gasteiger partial charge in [0.05, 0.1) is 6.54 Å². The van der Waals surface area contributed by atoms with Crippen LogP contribution in [-0.2, 0) is 13.1 Å². The van der Waals surface area contributed by atoms with Gasteiger partial charge in [-0.2, -0.15) is 15.0 Å². The van der Waals surface area contributed by atoms with E-state index in [1.165, 1.54) is 16.3 Å². The van der Waals surface area contributed by atoms with Crippen molar-refractivity contribution in [2.75, 3.05) is 18.5 Å². The van der Waals surface area contributed by atoms with Gasteiger partial charge in [-0.3, -0.25) is 4.90 Å². The molecule has 0 unspecified atom stereocenters. The molecule has 22 heavy (non-hydrogen) atoms. The number of aromatic nitrogens is 3. The van der Waals surface area contributed by atoms with Gasteiger partial charge in [0, 0.05) is 6.54 Å². The summed E-state index contributed by atoms with van der Waals surface area (Å²) in [5.41, 5.74) is 12.4. The minimum Gasteiger partial charge on any atom is -0.368 e. The Balaban J connectivity index is 1.73. The Morgan fingerprint density at radius 3 is 2.27 bits per heavy atom. The number of rotatable bonds is 4. The predicted octanol–water partition coefficient (Wildman–Crippen LogP) is 1.82. The smallest absolute Gasteiger partial charge is 0.225 e. The molecule has 4 N–H and O–H groups in total. The van der Waals surface area contributed by atoms with Crippen LogP contribution in [-0.4, -0.2) is 26.9 Å². The summed E-state index contributed by atoms with van der Waals surface area (Å²) in [5, 5.41) is 2.48. The Bertz CT molecular complexity index is 781. The molecular weight excluding hydrogens is 276 g/mol. The van der Waals surface area contributed by atoms with Crippen molar-refractivity contribution in [3.05, 3.63) is 53.9 Å². The molecule has 3 aromatic rings. The molecule has 0 amide bonds. The number of benzene rings is 2. The lowest BCUT2D eigenvalue weighted by Gasteiger charge is -2.16. The van der Waals surface area contributed by atoms with E-state index in [2.05, 4.69) is 50.2 Å². The van der Waals surface area contributed by atoms with Gasteiger partial charge in [-0.1, -0.05) is 36.4 Å². The predicted molar refractivity (Wildman–Crippen MR) is 87.8 cm³/mol. The maximum atomic E-state index is 5.59. The second-order valence-electron chi connectivity index (χ2n) is 5.32. The van der Waals surface area contributed by atoms with Crippen molar-refractivity contribution in [1.82, 2.24) is 19.9 Å². The molecule has 0 saturated heterocycles. The second-order valence-corrected chi connectivity index (χ2v) is 5.32. The average molecular weight is 294 g/mol. The summed E-state index contributed by atoms with van der Waals surface area (Å²) >= 11 is 0. The van der Waals surface area contributed by atoms with E-state index in [1.54, 1.807) is 0 Å². The number of nitrogens with two attached hydrogens (primary N) is 2. The summed E-state index contributed by atoms with van der Waals surface area (Å²) in [6.07, 6.45) is 0. The molecule has 6 heteroatoms. The van der Waals surface area contributed by atoms with Crippen LogP contribution in [0.1, 0.15) is 11.4 Å². The van der Waals surface area contributed by atoms with E-state index in [-0.39, 0.29) is 11.9 Å². The second kappa shape index (κ2) is 5.95. The van der Waals surface area contributed by atoms with Crippen molar-refractivity contribution in [3.63, 3.8) is 0 Å². The molecule has 0 aliphatic carbocycles. The van der Waals surface area contributed by atoms with Gasteiger partial charge >= 0.3 is 0 Å². The molecule has 0 fully saturated rings. The normalized spacial score (nSPS) is 11.2. The monoisotopic (exact) mass is 294 g/mol. The van der Waals surface area contributed by atoms with Gasteiger partial charge < -0.3 is 11.5 Å². The maximum absolute atomic E-state index is 5.59. The van der Waals surface area contributed by atoms with E-state index in [4.69, 9.17) is 11.5 Å². The standard InChI is InChI=1S/C16H18N6/c1-22(10-14-19-15(17)21-16(18)20-14)9-11-6-7-12-4-2-3-5-13(12)8-11/h2-8H,9-10H2,1H3,(H4,17,18,19,20,21). The molecule has 0 saturated carbocycles. The zero-order chi connectivity index (χ0) is 15.5. The molecule has 0 spiro atoms. The number of nitrogen functional groups attached to an aromatic ring is 2. The third kappa shape index (κ3) is 3.29. The van der Waals surface area contributed by atoms with Crippen LogP contribution in [0, 0.1) is 0 Å². The Morgan fingerprint density at radius 1 is 0.864 bits per heavy atom. The first-order valence-corrected chi connectivity index (χ1v) is 7.02. The van der Waals surface area contributed by atoms with Crippen LogP contribution in [0.2, 0.25) is 0 Å². The van der Waals surface area contributed by atoms with Gasteiger partial charge in [0.25, 0.3) is 0 Å². The highest BCUT2D eigenvalue weighted by molar-refractivity contribution is 5.82. The van der Waals surface area contributed by atoms with Crippen LogP contribution < -0.4 is 11.5 Å². The number of anilines is 2. The van der Waals surface area contributed by atoms with Gasteiger partial charge in [0.2, 0.25) is 11.9 Å². The van der Waals surface area contributed by atoms with Crippen molar-refractivity contribution in [2.24, 2.45) is 0 Å². The third-order valence-corrected chi connectivity index (χ3v) is 3.39. The minimum absolute atomic E-state index is 0.154. The highest BCUT2D eigenvalue weighted by Gasteiger charge is 2.07. The van der Waals surface area contributed by atoms with Crippen molar-refractivity contribution in [1.29, 1.82) is 0 Å². The largest absolute Gasteiger partial charge is 0.368 e. The van der Waals surface area contributed by atoms with Crippen LogP contribution in [0.4, 0.5) is 11.9 Å². The SMILES string of the molecule is CN(Cc1ccc2ccccc2c1)Cc1nc(N)nc(N)n1. The van der Waals surface area contributed by atoms with E-state index in [1.807, 2.05) is 19.2 Å². The van der Waals surface area contributed by atoms with Crippen LogP contribution >= 0.6 is 0 Å². The quantitative estimate of drug-likeness (QED) is 0.762. The average Bonchev–Trinajstić information content (AvgIpc) is 2.45. The summed E-state index contributed by atoms with van der Waals surface area (Å²) in [7, 11) is 2.01. The summed E-state index contributed by atoms with van der Waals surface area (Å²) in [4.78, 5) is 14.1. The summed E-state index contributed by atoms with van der Waals surface area (Å²) in [5.74, 6) is 0.886. The first-order chi connectivity index (χ1) is 10.6. The van der Waals surface area contributed by atoms with E-state index < -0.39 is 0 Å². The number of hydrogen-bond acceptors (Lipinski definition) is 6. The fourth-order valence-corrected chi connectivity index (χ4v) is 2.47. The summed E-state index contributed by atoms with van der Waals surface area (Å²) < 4.78 is 0. The first-order valence-electron chi connectivity index (χ1n) is 7.02. The molecule has 6 nitrogen and oxygen atoms in total. The first kappa shape index (κ1) is 14.2. The Morgan fingerprint density at radius 2 is 1.55 bits per heavy atom. The summed E-state index contributed by atoms with van der Waals surface area (Å²) in [6.45, 7) is 1.35. The van der Waals surface area contributed by atoms with Crippen molar-refractivity contribution < 1.29 is 0 Å². The molecule has 1 heterocycles. The Labute approximate surface area is 128 Å². The molecule has 0 atom stereocenters. The van der Waals surface area contributed by atoms with Gasteiger partial charge in [-0.25, -0.2) is 0 Å². The molecule has 0 radical (unpaired) electrons. The van der Waals surface area contributed by atoms with Gasteiger partial charge in [-0.15, -0.1) is 0 Å². The van der Waals surface area contributed by atoms with Gasteiger partial charge in [0.1, 0.15) is 5.82 Å². The molecule has 0 aliphatic rings. The van der Waals surface area contributed by atoms with E-state index in [9.17, 15) is 0 Å². The van der Waals surface area contributed by atoms with E-state index >= 15 is 0 Å². The Hall–Kier alpha value is -2.73. The molecule has 2 aromatic carbocycles. The fourth-order valence-electron chi connectivity index (χ4n) is 2.47. The summed E-state index contributed by atoms with van der Waals surface area (Å²) in [6, 6.07) is 14.8. The van der Waals surface area contributed by atoms with Gasteiger partial charge in [0.15, 0.2) is 0 Å². The maximum Gasteiger partial charge on any atom is 0.225 e. The fraction of sp³-hybridized carbons (Fsp3) is 0.188. The molecule has 112 valence electrons. The number of hydrogen-bond donors (Lipinski definition) is 2. The highest BCUT2D eigenvalue weighted by atomic mass is 15.2. The molecule has 0 aliphatic heterocycles. The minimum atomic E-state index is 0.154. The zero-order valence-corrected chi connectivity index (χ0v) is 12.4. The molecule has 0 bridgehead atoms. The Kier molecular flexibility index (Phi) is 3.84. The van der Waals surface area contributed by atoms with E-state index in [0.29, 0.717) is 12.4 Å². The molecule has 3 rings (SSSR count). The third-order valence-electron chi connectivity index (χ3n) is 3.39.